The van der Waals surface area contributed by atoms with Crippen LogP contribution >= 0.6 is 0 Å². The summed E-state index contributed by atoms with van der Waals surface area (Å²) in [5.74, 6) is 2.05. The Kier molecular flexibility index (Phi) is 5.66. The Labute approximate surface area is 128 Å². The van der Waals surface area contributed by atoms with Gasteiger partial charge in [-0.2, -0.15) is 0 Å². The molecule has 3 heteroatoms. The first kappa shape index (κ1) is 15.9. The molecule has 21 heavy (non-hydrogen) atoms. The maximum Gasteiger partial charge on any atom is 0.258 e. The minimum absolute atomic E-state index is 0.0116. The van der Waals surface area contributed by atoms with Crippen LogP contribution in [0.5, 0.6) is 5.75 Å². The van der Waals surface area contributed by atoms with E-state index in [1.165, 1.54) is 18.4 Å². The summed E-state index contributed by atoms with van der Waals surface area (Å²) < 4.78 is 5.55. The molecular formula is C18H27NO2. The lowest BCUT2D eigenvalue weighted by atomic mass is 9.87. The fraction of sp³-hybridized carbons (Fsp3) is 0.611. The van der Waals surface area contributed by atoms with E-state index in [9.17, 15) is 4.79 Å². The van der Waals surface area contributed by atoms with Crippen LogP contribution in [0.2, 0.25) is 0 Å². The van der Waals surface area contributed by atoms with Gasteiger partial charge >= 0.3 is 0 Å². The topological polar surface area (TPSA) is 38.3 Å². The fourth-order valence-electron chi connectivity index (χ4n) is 2.77. The molecule has 2 rings (SSSR count). The van der Waals surface area contributed by atoms with E-state index in [2.05, 4.69) is 38.2 Å². The monoisotopic (exact) mass is 289 g/mol. The molecule has 1 aliphatic rings. The van der Waals surface area contributed by atoms with Gasteiger partial charge in [-0.05, 0) is 55.2 Å². The molecule has 0 saturated heterocycles. The van der Waals surface area contributed by atoms with Crippen LogP contribution in [0.25, 0.3) is 0 Å². The third kappa shape index (κ3) is 5.07. The number of carbonyl (C=O) groups excluding carboxylic acids is 1. The average molecular weight is 289 g/mol. The van der Waals surface area contributed by atoms with E-state index < -0.39 is 0 Å². The zero-order chi connectivity index (χ0) is 15.2. The molecule has 1 aromatic rings. The molecule has 1 saturated carbocycles. The second-order valence-corrected chi connectivity index (χ2v) is 6.54. The lowest BCUT2D eigenvalue weighted by Crippen LogP contribution is -2.39. The van der Waals surface area contributed by atoms with Crippen molar-refractivity contribution in [3.05, 3.63) is 29.8 Å². The van der Waals surface area contributed by atoms with E-state index in [1.54, 1.807) is 0 Å². The Morgan fingerprint density at radius 3 is 2.38 bits per heavy atom. The summed E-state index contributed by atoms with van der Waals surface area (Å²) in [4.78, 5) is 11.9. The van der Waals surface area contributed by atoms with Gasteiger partial charge in [0, 0.05) is 6.04 Å². The molecular weight excluding hydrogens is 262 g/mol. The number of carbonyl (C=O) groups is 1. The molecule has 1 N–H and O–H groups in total. The maximum atomic E-state index is 11.9. The molecule has 0 aromatic heterocycles. The number of rotatable bonds is 5. The second-order valence-electron chi connectivity index (χ2n) is 6.54. The Hall–Kier alpha value is -1.51. The lowest BCUT2D eigenvalue weighted by Gasteiger charge is -2.26. The van der Waals surface area contributed by atoms with Crippen LogP contribution in [0.15, 0.2) is 24.3 Å². The Morgan fingerprint density at radius 2 is 1.81 bits per heavy atom. The van der Waals surface area contributed by atoms with E-state index >= 15 is 0 Å². The summed E-state index contributed by atoms with van der Waals surface area (Å²) in [6.45, 7) is 6.71. The highest BCUT2D eigenvalue weighted by Crippen LogP contribution is 2.23. The van der Waals surface area contributed by atoms with Crippen molar-refractivity contribution >= 4 is 5.91 Å². The summed E-state index contributed by atoms with van der Waals surface area (Å²) in [5, 5.41) is 3.08. The van der Waals surface area contributed by atoms with Crippen molar-refractivity contribution in [3.63, 3.8) is 0 Å². The fourth-order valence-corrected chi connectivity index (χ4v) is 2.77. The first-order valence-corrected chi connectivity index (χ1v) is 8.06. The first-order chi connectivity index (χ1) is 10.0. The van der Waals surface area contributed by atoms with Crippen molar-refractivity contribution in [1.29, 1.82) is 0 Å². The summed E-state index contributed by atoms with van der Waals surface area (Å²) in [6.07, 6.45) is 4.61. The van der Waals surface area contributed by atoms with Crippen LogP contribution in [-0.2, 0) is 4.79 Å². The summed E-state index contributed by atoms with van der Waals surface area (Å²) in [7, 11) is 0. The van der Waals surface area contributed by atoms with Crippen molar-refractivity contribution < 1.29 is 9.53 Å². The molecule has 0 spiro atoms. The van der Waals surface area contributed by atoms with Gasteiger partial charge in [0.2, 0.25) is 0 Å². The highest BCUT2D eigenvalue weighted by molar-refractivity contribution is 5.77. The lowest BCUT2D eigenvalue weighted by molar-refractivity contribution is -0.124. The molecule has 0 radical (unpaired) electrons. The average Bonchev–Trinajstić information content (AvgIpc) is 2.48. The van der Waals surface area contributed by atoms with Crippen molar-refractivity contribution in [2.45, 2.75) is 58.4 Å². The molecule has 1 aliphatic carbocycles. The first-order valence-electron chi connectivity index (χ1n) is 8.06. The van der Waals surface area contributed by atoms with Crippen LogP contribution in [0, 0.1) is 5.92 Å². The van der Waals surface area contributed by atoms with Crippen LogP contribution in [0.4, 0.5) is 0 Å². The van der Waals surface area contributed by atoms with E-state index in [0.29, 0.717) is 12.0 Å². The molecule has 1 fully saturated rings. The molecule has 116 valence electrons. The predicted octanol–water partition coefficient (Wildman–Crippen LogP) is 3.88. The SMILES string of the molecule is CC1CCC(NC(=O)COc2ccc(C(C)C)cc2)CC1. The molecule has 1 amide bonds. The highest BCUT2D eigenvalue weighted by atomic mass is 16.5. The van der Waals surface area contributed by atoms with Gasteiger partial charge in [-0.25, -0.2) is 0 Å². The molecule has 0 heterocycles. The van der Waals surface area contributed by atoms with Gasteiger partial charge in [0.25, 0.3) is 5.91 Å². The minimum Gasteiger partial charge on any atom is -0.484 e. The third-order valence-electron chi connectivity index (χ3n) is 4.30. The molecule has 1 aromatic carbocycles. The standard InChI is InChI=1S/C18H27NO2/c1-13(2)15-6-10-17(11-7-15)21-12-18(20)19-16-8-4-14(3)5-9-16/h6-7,10-11,13-14,16H,4-5,8-9,12H2,1-3H3,(H,19,20). The van der Waals surface area contributed by atoms with E-state index in [-0.39, 0.29) is 12.5 Å². The van der Waals surface area contributed by atoms with Gasteiger partial charge in [-0.3, -0.25) is 4.79 Å². The summed E-state index contributed by atoms with van der Waals surface area (Å²) in [5.41, 5.74) is 1.28. The van der Waals surface area contributed by atoms with Crippen molar-refractivity contribution in [2.75, 3.05) is 6.61 Å². The van der Waals surface area contributed by atoms with Crippen LogP contribution in [0.3, 0.4) is 0 Å². The van der Waals surface area contributed by atoms with Gasteiger partial charge < -0.3 is 10.1 Å². The highest BCUT2D eigenvalue weighted by Gasteiger charge is 2.19. The van der Waals surface area contributed by atoms with Crippen LogP contribution < -0.4 is 10.1 Å². The molecule has 0 atom stereocenters. The smallest absolute Gasteiger partial charge is 0.258 e. The van der Waals surface area contributed by atoms with Crippen molar-refractivity contribution in [2.24, 2.45) is 5.92 Å². The maximum absolute atomic E-state index is 11.9. The summed E-state index contributed by atoms with van der Waals surface area (Å²) >= 11 is 0. The number of hydrogen-bond donors (Lipinski definition) is 1. The largest absolute Gasteiger partial charge is 0.484 e. The quantitative estimate of drug-likeness (QED) is 0.893. The molecule has 0 unspecified atom stereocenters. The van der Waals surface area contributed by atoms with Gasteiger partial charge in [0.15, 0.2) is 6.61 Å². The molecule has 3 nitrogen and oxygen atoms in total. The zero-order valence-electron chi connectivity index (χ0n) is 13.4. The number of nitrogens with one attached hydrogen (secondary N) is 1. The van der Waals surface area contributed by atoms with E-state index in [0.717, 1.165) is 24.5 Å². The van der Waals surface area contributed by atoms with Gasteiger partial charge in [-0.15, -0.1) is 0 Å². The minimum atomic E-state index is -0.0116. The van der Waals surface area contributed by atoms with Gasteiger partial charge in [-0.1, -0.05) is 32.9 Å². The van der Waals surface area contributed by atoms with Crippen molar-refractivity contribution in [1.82, 2.24) is 5.32 Å². The van der Waals surface area contributed by atoms with Crippen LogP contribution in [-0.4, -0.2) is 18.6 Å². The number of amides is 1. The predicted molar refractivity (Wildman–Crippen MR) is 85.6 cm³/mol. The van der Waals surface area contributed by atoms with Gasteiger partial charge in [0.05, 0.1) is 0 Å². The number of benzene rings is 1. The Bertz CT molecular complexity index is 445. The molecule has 0 aliphatic heterocycles. The second kappa shape index (κ2) is 7.48. The molecule has 0 bridgehead atoms. The third-order valence-corrected chi connectivity index (χ3v) is 4.30. The van der Waals surface area contributed by atoms with Crippen molar-refractivity contribution in [3.8, 4) is 5.75 Å². The van der Waals surface area contributed by atoms with E-state index in [4.69, 9.17) is 4.74 Å². The normalized spacial score (nSPS) is 22.1. The zero-order valence-corrected chi connectivity index (χ0v) is 13.4. The van der Waals surface area contributed by atoms with E-state index in [1.807, 2.05) is 12.1 Å². The Morgan fingerprint density at radius 1 is 1.19 bits per heavy atom. The summed E-state index contributed by atoms with van der Waals surface area (Å²) in [6, 6.07) is 8.32. The Balaban J connectivity index is 1.73. The van der Waals surface area contributed by atoms with Crippen LogP contribution in [0.1, 0.15) is 57.9 Å². The number of hydrogen-bond acceptors (Lipinski definition) is 2. The number of ether oxygens (including phenoxy) is 1. The van der Waals surface area contributed by atoms with Gasteiger partial charge in [0.1, 0.15) is 5.75 Å².